The highest BCUT2D eigenvalue weighted by atomic mass is 32.2. The highest BCUT2D eigenvalue weighted by Gasteiger charge is 2.00. The van der Waals surface area contributed by atoms with Gasteiger partial charge in [0.05, 0.1) is 0 Å². The van der Waals surface area contributed by atoms with E-state index in [4.69, 9.17) is 0 Å². The van der Waals surface area contributed by atoms with Crippen LogP contribution in [0, 0.1) is 0 Å². The van der Waals surface area contributed by atoms with Crippen molar-refractivity contribution in [3.63, 3.8) is 0 Å². The number of benzene rings is 1. The minimum Gasteiger partial charge on any atom is -0.383 e. The third kappa shape index (κ3) is 4.43. The Morgan fingerprint density at radius 1 is 1.53 bits per heavy atom. The molecule has 0 fully saturated rings. The van der Waals surface area contributed by atoms with E-state index in [0.717, 1.165) is 12.8 Å². The highest BCUT2D eigenvalue weighted by Crippen LogP contribution is 2.19. The first-order chi connectivity index (χ1) is 7.26. The lowest BCUT2D eigenvalue weighted by Crippen LogP contribution is -2.14. The number of hydrogen-bond donors (Lipinski definition) is 1. The number of hydrogen-bond acceptors (Lipinski definition) is 2. The zero-order chi connectivity index (χ0) is 11.1. The summed E-state index contributed by atoms with van der Waals surface area (Å²) in [6.07, 6.45) is 6.26. The molecule has 1 atom stereocenters. The van der Waals surface area contributed by atoms with Crippen molar-refractivity contribution in [1.82, 2.24) is 0 Å². The molecule has 0 bridgehead atoms. The quantitative estimate of drug-likeness (QED) is 0.571. The summed E-state index contributed by atoms with van der Waals surface area (Å²) in [6.45, 7) is 5.94. The maximum absolute atomic E-state index is 3.74. The fourth-order valence-corrected chi connectivity index (χ4v) is 1.90. The lowest BCUT2D eigenvalue weighted by atomic mass is 10.1. The van der Waals surface area contributed by atoms with Crippen LogP contribution in [-0.4, -0.2) is 12.3 Å². The Balaban J connectivity index is 2.51. The molecule has 0 radical (unpaired) electrons. The third-order valence-electron chi connectivity index (χ3n) is 2.29. The molecule has 0 spiro atoms. The lowest BCUT2D eigenvalue weighted by Gasteiger charge is -2.14. The van der Waals surface area contributed by atoms with Gasteiger partial charge in [-0.1, -0.05) is 12.1 Å². The average molecular weight is 221 g/mol. The maximum atomic E-state index is 3.74. The molecule has 0 unspecified atom stereocenters. The molecule has 0 aliphatic heterocycles. The molecule has 1 aromatic rings. The summed E-state index contributed by atoms with van der Waals surface area (Å²) in [5.41, 5.74) is 1.21. The SMILES string of the molecule is C=CCC[C@H](C)Nc1cccc(SC)c1. The standard InChI is InChI=1S/C13H19NS/c1-4-5-7-11(2)14-12-8-6-9-13(10-12)15-3/h4,6,8-11,14H,1,5,7H2,2-3H3/t11-/m0/s1. The molecule has 0 saturated heterocycles. The Bertz CT molecular complexity index is 309. The van der Waals surface area contributed by atoms with Crippen LogP contribution in [0.15, 0.2) is 41.8 Å². The normalized spacial score (nSPS) is 12.1. The molecule has 1 N–H and O–H groups in total. The van der Waals surface area contributed by atoms with Crippen molar-refractivity contribution in [2.75, 3.05) is 11.6 Å². The number of rotatable bonds is 6. The second-order valence-electron chi connectivity index (χ2n) is 3.64. The van der Waals surface area contributed by atoms with Gasteiger partial charge in [0.25, 0.3) is 0 Å². The van der Waals surface area contributed by atoms with Gasteiger partial charge < -0.3 is 5.32 Å². The Morgan fingerprint density at radius 2 is 2.33 bits per heavy atom. The van der Waals surface area contributed by atoms with Crippen molar-refractivity contribution in [1.29, 1.82) is 0 Å². The summed E-state index contributed by atoms with van der Waals surface area (Å²) < 4.78 is 0. The molecule has 0 amide bonds. The van der Waals surface area contributed by atoms with Crippen LogP contribution in [0.25, 0.3) is 0 Å². The van der Waals surface area contributed by atoms with Crippen LogP contribution in [0.1, 0.15) is 19.8 Å². The minimum atomic E-state index is 0.500. The monoisotopic (exact) mass is 221 g/mol. The van der Waals surface area contributed by atoms with E-state index in [1.54, 1.807) is 11.8 Å². The summed E-state index contributed by atoms with van der Waals surface area (Å²) in [7, 11) is 0. The first-order valence-electron chi connectivity index (χ1n) is 5.27. The molecule has 0 aliphatic carbocycles. The highest BCUT2D eigenvalue weighted by molar-refractivity contribution is 7.98. The molecule has 1 nitrogen and oxygen atoms in total. The zero-order valence-electron chi connectivity index (χ0n) is 9.49. The van der Waals surface area contributed by atoms with Gasteiger partial charge in [-0.05, 0) is 44.2 Å². The summed E-state index contributed by atoms with van der Waals surface area (Å²) in [4.78, 5) is 1.30. The molecular weight excluding hydrogens is 202 g/mol. The molecule has 15 heavy (non-hydrogen) atoms. The van der Waals surface area contributed by atoms with E-state index in [-0.39, 0.29) is 0 Å². The molecule has 0 aliphatic rings. The lowest BCUT2D eigenvalue weighted by molar-refractivity contribution is 0.719. The van der Waals surface area contributed by atoms with Crippen LogP contribution in [0.4, 0.5) is 5.69 Å². The molecule has 1 aromatic carbocycles. The summed E-state index contributed by atoms with van der Waals surface area (Å²) in [5, 5.41) is 3.49. The average Bonchev–Trinajstić information content (AvgIpc) is 2.26. The Morgan fingerprint density at radius 3 is 3.00 bits per heavy atom. The van der Waals surface area contributed by atoms with E-state index >= 15 is 0 Å². The molecule has 0 saturated carbocycles. The summed E-state index contributed by atoms with van der Waals surface area (Å²) in [5.74, 6) is 0. The van der Waals surface area contributed by atoms with Crippen LogP contribution in [0.3, 0.4) is 0 Å². The Hall–Kier alpha value is -0.890. The van der Waals surface area contributed by atoms with E-state index in [2.05, 4.69) is 49.3 Å². The van der Waals surface area contributed by atoms with E-state index in [0.29, 0.717) is 6.04 Å². The van der Waals surface area contributed by atoms with Crippen molar-refractivity contribution in [3.8, 4) is 0 Å². The molecule has 82 valence electrons. The van der Waals surface area contributed by atoms with Gasteiger partial charge in [0.2, 0.25) is 0 Å². The van der Waals surface area contributed by atoms with Crippen LogP contribution in [0.2, 0.25) is 0 Å². The molecular formula is C13H19NS. The molecule has 2 heteroatoms. The third-order valence-corrected chi connectivity index (χ3v) is 3.01. The molecule has 0 aromatic heterocycles. The number of thioether (sulfide) groups is 1. The summed E-state index contributed by atoms with van der Waals surface area (Å²) in [6, 6.07) is 9.03. The van der Waals surface area contributed by atoms with E-state index < -0.39 is 0 Å². The zero-order valence-corrected chi connectivity index (χ0v) is 10.3. The van der Waals surface area contributed by atoms with Crippen molar-refractivity contribution >= 4 is 17.4 Å². The van der Waals surface area contributed by atoms with Gasteiger partial charge in [-0.3, -0.25) is 0 Å². The molecule has 0 heterocycles. The van der Waals surface area contributed by atoms with Gasteiger partial charge in [0.15, 0.2) is 0 Å². The van der Waals surface area contributed by atoms with E-state index in [9.17, 15) is 0 Å². The fourth-order valence-electron chi connectivity index (χ4n) is 1.44. The predicted molar refractivity (Wildman–Crippen MR) is 70.7 cm³/mol. The fraction of sp³-hybridized carbons (Fsp3) is 0.385. The van der Waals surface area contributed by atoms with Gasteiger partial charge in [0, 0.05) is 16.6 Å². The van der Waals surface area contributed by atoms with Crippen molar-refractivity contribution in [3.05, 3.63) is 36.9 Å². The number of anilines is 1. The first-order valence-corrected chi connectivity index (χ1v) is 6.50. The maximum Gasteiger partial charge on any atom is 0.0353 e. The summed E-state index contributed by atoms with van der Waals surface area (Å²) >= 11 is 1.77. The topological polar surface area (TPSA) is 12.0 Å². The van der Waals surface area contributed by atoms with Crippen molar-refractivity contribution in [2.24, 2.45) is 0 Å². The predicted octanol–water partition coefficient (Wildman–Crippen LogP) is 4.18. The van der Waals surface area contributed by atoms with E-state index in [1.807, 2.05) is 6.08 Å². The first kappa shape index (κ1) is 12.2. The Labute approximate surface area is 97.0 Å². The van der Waals surface area contributed by atoms with Crippen LogP contribution in [-0.2, 0) is 0 Å². The molecule has 1 rings (SSSR count). The van der Waals surface area contributed by atoms with Gasteiger partial charge in [-0.25, -0.2) is 0 Å². The largest absolute Gasteiger partial charge is 0.383 e. The van der Waals surface area contributed by atoms with Gasteiger partial charge >= 0.3 is 0 Å². The van der Waals surface area contributed by atoms with Crippen LogP contribution in [0.5, 0.6) is 0 Å². The Kier molecular flexibility index (Phi) is 5.33. The van der Waals surface area contributed by atoms with Gasteiger partial charge in [0.1, 0.15) is 0 Å². The van der Waals surface area contributed by atoms with Crippen molar-refractivity contribution < 1.29 is 0 Å². The smallest absolute Gasteiger partial charge is 0.0353 e. The van der Waals surface area contributed by atoms with Crippen LogP contribution < -0.4 is 5.32 Å². The van der Waals surface area contributed by atoms with Gasteiger partial charge in [-0.15, -0.1) is 18.3 Å². The van der Waals surface area contributed by atoms with Crippen molar-refractivity contribution in [2.45, 2.75) is 30.7 Å². The number of nitrogens with one attached hydrogen (secondary N) is 1. The van der Waals surface area contributed by atoms with E-state index in [1.165, 1.54) is 10.6 Å². The van der Waals surface area contributed by atoms with Crippen LogP contribution >= 0.6 is 11.8 Å². The second kappa shape index (κ2) is 6.57. The number of allylic oxidation sites excluding steroid dienone is 1. The van der Waals surface area contributed by atoms with Gasteiger partial charge in [-0.2, -0.15) is 0 Å². The minimum absolute atomic E-state index is 0.500. The second-order valence-corrected chi connectivity index (χ2v) is 4.52.